The standard InChI is InChI=1S/C17H16N4O/c1-11-14-9-13(10-18-16(14)20(2)19-11)17(22)21-8-7-12-5-3-4-6-15(12)21/h3-6,9-10H,7-8H2,1-2H3. The summed E-state index contributed by atoms with van der Waals surface area (Å²) in [7, 11) is 1.86. The molecule has 0 saturated heterocycles. The number of nitrogens with zero attached hydrogens (tertiary/aromatic N) is 4. The molecule has 4 rings (SSSR count). The lowest BCUT2D eigenvalue weighted by Gasteiger charge is -2.17. The van der Waals surface area contributed by atoms with Crippen LogP contribution in [0.4, 0.5) is 5.69 Å². The largest absolute Gasteiger partial charge is 0.308 e. The maximum atomic E-state index is 12.8. The van der Waals surface area contributed by atoms with Crippen molar-refractivity contribution in [3.63, 3.8) is 0 Å². The van der Waals surface area contributed by atoms with Crippen LogP contribution in [0.25, 0.3) is 11.0 Å². The second kappa shape index (κ2) is 4.66. The van der Waals surface area contributed by atoms with Crippen LogP contribution in [0.3, 0.4) is 0 Å². The number of fused-ring (bicyclic) bond motifs is 2. The normalized spacial score (nSPS) is 13.6. The van der Waals surface area contributed by atoms with Gasteiger partial charge in [-0.1, -0.05) is 18.2 Å². The fourth-order valence-electron chi connectivity index (χ4n) is 3.13. The molecule has 0 radical (unpaired) electrons. The second-order valence-corrected chi connectivity index (χ2v) is 5.64. The SMILES string of the molecule is Cc1nn(C)c2ncc(C(=O)N3CCc4ccccc43)cc12. The Morgan fingerprint density at radius 3 is 2.95 bits per heavy atom. The molecule has 3 aromatic rings. The van der Waals surface area contributed by atoms with Crippen molar-refractivity contribution >= 4 is 22.6 Å². The number of benzene rings is 1. The van der Waals surface area contributed by atoms with E-state index in [0.717, 1.165) is 35.4 Å². The van der Waals surface area contributed by atoms with E-state index < -0.39 is 0 Å². The van der Waals surface area contributed by atoms with E-state index in [1.165, 1.54) is 5.56 Å². The number of carbonyl (C=O) groups excluding carboxylic acids is 1. The van der Waals surface area contributed by atoms with Crippen LogP contribution in [0.1, 0.15) is 21.6 Å². The number of rotatable bonds is 1. The first-order chi connectivity index (χ1) is 10.6. The van der Waals surface area contributed by atoms with Gasteiger partial charge in [-0.2, -0.15) is 5.10 Å². The number of aryl methyl sites for hydroxylation is 2. The fraction of sp³-hybridized carbons (Fsp3) is 0.235. The summed E-state index contributed by atoms with van der Waals surface area (Å²) in [5.74, 6) is 0.00241. The minimum atomic E-state index is 0.00241. The first-order valence-corrected chi connectivity index (χ1v) is 7.34. The molecule has 5 nitrogen and oxygen atoms in total. The van der Waals surface area contributed by atoms with Crippen molar-refractivity contribution < 1.29 is 4.79 Å². The summed E-state index contributed by atoms with van der Waals surface area (Å²) in [5, 5.41) is 5.28. The van der Waals surface area contributed by atoms with Crippen LogP contribution in [-0.4, -0.2) is 27.2 Å². The van der Waals surface area contributed by atoms with Crippen LogP contribution in [0, 0.1) is 6.92 Å². The number of hydrogen-bond acceptors (Lipinski definition) is 3. The van der Waals surface area contributed by atoms with E-state index in [9.17, 15) is 4.79 Å². The van der Waals surface area contributed by atoms with Gasteiger partial charge < -0.3 is 4.90 Å². The Labute approximate surface area is 128 Å². The van der Waals surface area contributed by atoms with Crippen LogP contribution in [0.15, 0.2) is 36.5 Å². The Morgan fingerprint density at radius 1 is 1.27 bits per heavy atom. The van der Waals surface area contributed by atoms with E-state index in [1.54, 1.807) is 10.9 Å². The number of aromatic nitrogens is 3. The van der Waals surface area contributed by atoms with Gasteiger partial charge in [0, 0.05) is 30.9 Å². The molecule has 0 spiro atoms. The Kier molecular flexibility index (Phi) is 2.76. The van der Waals surface area contributed by atoms with Gasteiger partial charge in [0.2, 0.25) is 0 Å². The highest BCUT2D eigenvalue weighted by Crippen LogP contribution is 2.29. The predicted octanol–water partition coefficient (Wildman–Crippen LogP) is 2.48. The lowest BCUT2D eigenvalue weighted by Crippen LogP contribution is -2.28. The van der Waals surface area contributed by atoms with Gasteiger partial charge in [-0.3, -0.25) is 9.48 Å². The Morgan fingerprint density at radius 2 is 2.09 bits per heavy atom. The number of anilines is 1. The van der Waals surface area contributed by atoms with Gasteiger partial charge in [0.25, 0.3) is 5.91 Å². The highest BCUT2D eigenvalue weighted by atomic mass is 16.2. The quantitative estimate of drug-likeness (QED) is 0.692. The van der Waals surface area contributed by atoms with Crippen LogP contribution in [0.5, 0.6) is 0 Å². The molecular weight excluding hydrogens is 276 g/mol. The summed E-state index contributed by atoms with van der Waals surface area (Å²) >= 11 is 0. The zero-order valence-electron chi connectivity index (χ0n) is 12.6. The minimum Gasteiger partial charge on any atom is -0.308 e. The van der Waals surface area contributed by atoms with E-state index in [0.29, 0.717) is 5.56 Å². The maximum Gasteiger partial charge on any atom is 0.259 e. The molecule has 0 N–H and O–H groups in total. The van der Waals surface area contributed by atoms with Crippen LogP contribution < -0.4 is 4.90 Å². The molecule has 0 saturated carbocycles. The van der Waals surface area contributed by atoms with Gasteiger partial charge in [-0.25, -0.2) is 4.98 Å². The molecule has 0 bridgehead atoms. The van der Waals surface area contributed by atoms with Gasteiger partial charge in [0.15, 0.2) is 5.65 Å². The minimum absolute atomic E-state index is 0.00241. The molecule has 1 aliphatic rings. The van der Waals surface area contributed by atoms with Gasteiger partial charge in [-0.15, -0.1) is 0 Å². The van der Waals surface area contributed by atoms with Crippen molar-refractivity contribution in [1.29, 1.82) is 0 Å². The van der Waals surface area contributed by atoms with Crippen LogP contribution >= 0.6 is 0 Å². The van der Waals surface area contributed by atoms with Crippen molar-refractivity contribution in [2.24, 2.45) is 7.05 Å². The molecular formula is C17H16N4O. The number of amides is 1. The van der Waals surface area contributed by atoms with Crippen LogP contribution in [0.2, 0.25) is 0 Å². The average Bonchev–Trinajstić information content (AvgIpc) is 3.08. The highest BCUT2D eigenvalue weighted by Gasteiger charge is 2.25. The third kappa shape index (κ3) is 1.82. The van der Waals surface area contributed by atoms with E-state index in [1.807, 2.05) is 43.1 Å². The monoisotopic (exact) mass is 292 g/mol. The van der Waals surface area contributed by atoms with Crippen molar-refractivity contribution in [3.05, 3.63) is 53.3 Å². The van der Waals surface area contributed by atoms with E-state index in [-0.39, 0.29) is 5.91 Å². The number of para-hydroxylation sites is 1. The summed E-state index contributed by atoms with van der Waals surface area (Å²) < 4.78 is 1.74. The number of hydrogen-bond donors (Lipinski definition) is 0. The number of carbonyl (C=O) groups is 1. The molecule has 0 fully saturated rings. The molecule has 0 atom stereocenters. The van der Waals surface area contributed by atoms with Gasteiger partial charge in [0.05, 0.1) is 11.3 Å². The zero-order chi connectivity index (χ0) is 15.3. The topological polar surface area (TPSA) is 51.0 Å². The third-order valence-electron chi connectivity index (χ3n) is 4.24. The summed E-state index contributed by atoms with van der Waals surface area (Å²) in [6.07, 6.45) is 2.55. The molecule has 110 valence electrons. The maximum absolute atomic E-state index is 12.8. The summed E-state index contributed by atoms with van der Waals surface area (Å²) in [4.78, 5) is 19.1. The molecule has 5 heteroatoms. The molecule has 1 aromatic carbocycles. The molecule has 3 heterocycles. The van der Waals surface area contributed by atoms with Crippen molar-refractivity contribution in [2.45, 2.75) is 13.3 Å². The zero-order valence-corrected chi connectivity index (χ0v) is 12.6. The molecule has 1 aliphatic heterocycles. The molecule has 0 aliphatic carbocycles. The lowest BCUT2D eigenvalue weighted by atomic mass is 10.1. The lowest BCUT2D eigenvalue weighted by molar-refractivity contribution is 0.0989. The van der Waals surface area contributed by atoms with Crippen molar-refractivity contribution in [3.8, 4) is 0 Å². The Bertz CT molecular complexity index is 897. The summed E-state index contributed by atoms with van der Waals surface area (Å²) in [6, 6.07) is 9.96. The second-order valence-electron chi connectivity index (χ2n) is 5.64. The summed E-state index contributed by atoms with van der Waals surface area (Å²) in [5.41, 5.74) is 4.54. The van der Waals surface area contributed by atoms with E-state index in [2.05, 4.69) is 16.1 Å². The first kappa shape index (κ1) is 13.0. The molecule has 0 unspecified atom stereocenters. The smallest absolute Gasteiger partial charge is 0.259 e. The van der Waals surface area contributed by atoms with Crippen LogP contribution in [-0.2, 0) is 13.5 Å². The predicted molar refractivity (Wildman–Crippen MR) is 85.1 cm³/mol. The van der Waals surface area contributed by atoms with Crippen molar-refractivity contribution in [2.75, 3.05) is 11.4 Å². The summed E-state index contributed by atoms with van der Waals surface area (Å²) in [6.45, 7) is 2.66. The van der Waals surface area contributed by atoms with Gasteiger partial charge in [-0.05, 0) is 31.0 Å². The number of pyridine rings is 1. The van der Waals surface area contributed by atoms with Crippen molar-refractivity contribution in [1.82, 2.24) is 14.8 Å². The fourth-order valence-corrected chi connectivity index (χ4v) is 3.13. The Balaban J connectivity index is 1.76. The molecule has 22 heavy (non-hydrogen) atoms. The van der Waals surface area contributed by atoms with Gasteiger partial charge >= 0.3 is 0 Å². The van der Waals surface area contributed by atoms with Gasteiger partial charge in [0.1, 0.15) is 0 Å². The third-order valence-corrected chi connectivity index (χ3v) is 4.24. The first-order valence-electron chi connectivity index (χ1n) is 7.34. The average molecular weight is 292 g/mol. The highest BCUT2D eigenvalue weighted by molar-refractivity contribution is 6.08. The Hall–Kier alpha value is -2.69. The van der Waals surface area contributed by atoms with E-state index >= 15 is 0 Å². The molecule has 1 amide bonds. The van der Waals surface area contributed by atoms with E-state index in [4.69, 9.17) is 0 Å². The molecule has 2 aromatic heterocycles.